The van der Waals surface area contributed by atoms with Gasteiger partial charge in [-0.1, -0.05) is 0 Å². The number of carbonyl (C=O) groups excluding carboxylic acids is 1. The highest BCUT2D eigenvalue weighted by molar-refractivity contribution is 5.68. The standard InChI is InChI=1S/C24H20F9N3O2/c1-13-6-14(2)36(34-13)20-5-4-17(22(25,26)27)9-16(20)12-35(21(37)38-3)11-15-7-18(23(28,29)30)10-19(8-15)24(31,32)33/h4-10H,11-12H2,1-3H3. The summed E-state index contributed by atoms with van der Waals surface area (Å²) in [5.74, 6) is 0. The number of alkyl halides is 9. The normalized spacial score (nSPS) is 12.5. The number of nitrogens with zero attached hydrogens (tertiary/aromatic N) is 3. The van der Waals surface area contributed by atoms with Gasteiger partial charge in [-0.15, -0.1) is 0 Å². The zero-order valence-corrected chi connectivity index (χ0v) is 20.0. The molecule has 0 saturated heterocycles. The van der Waals surface area contributed by atoms with Gasteiger partial charge in [0.15, 0.2) is 0 Å². The maximum Gasteiger partial charge on any atom is 0.416 e. The Morgan fingerprint density at radius 2 is 1.37 bits per heavy atom. The molecule has 206 valence electrons. The zero-order valence-electron chi connectivity index (χ0n) is 20.0. The van der Waals surface area contributed by atoms with Crippen molar-refractivity contribution in [3.8, 4) is 5.69 Å². The van der Waals surface area contributed by atoms with Crippen molar-refractivity contribution in [2.24, 2.45) is 0 Å². The number of ether oxygens (including phenoxy) is 1. The van der Waals surface area contributed by atoms with Crippen LogP contribution in [0.2, 0.25) is 0 Å². The first kappa shape index (κ1) is 28.9. The molecule has 0 aliphatic rings. The van der Waals surface area contributed by atoms with E-state index in [1.54, 1.807) is 19.9 Å². The molecule has 0 bridgehead atoms. The van der Waals surface area contributed by atoms with Crippen LogP contribution in [0.15, 0.2) is 42.5 Å². The average Bonchev–Trinajstić information content (AvgIpc) is 3.13. The van der Waals surface area contributed by atoms with Crippen LogP contribution in [0.1, 0.15) is 39.2 Å². The molecule has 0 spiro atoms. The van der Waals surface area contributed by atoms with Gasteiger partial charge in [0.1, 0.15) is 0 Å². The molecule has 3 aromatic rings. The fourth-order valence-corrected chi connectivity index (χ4v) is 3.82. The van der Waals surface area contributed by atoms with Crippen molar-refractivity contribution in [1.82, 2.24) is 14.7 Å². The molecule has 3 rings (SSSR count). The number of rotatable bonds is 5. The molecule has 0 atom stereocenters. The molecular formula is C24H20F9N3O2. The highest BCUT2D eigenvalue weighted by Crippen LogP contribution is 2.37. The topological polar surface area (TPSA) is 47.4 Å². The van der Waals surface area contributed by atoms with Gasteiger partial charge in [-0.2, -0.15) is 44.6 Å². The molecule has 0 aliphatic heterocycles. The lowest BCUT2D eigenvalue weighted by atomic mass is 10.0. The van der Waals surface area contributed by atoms with Gasteiger partial charge in [-0.25, -0.2) is 9.48 Å². The van der Waals surface area contributed by atoms with E-state index in [0.29, 0.717) is 28.4 Å². The Kier molecular flexibility index (Phi) is 7.76. The molecule has 14 heteroatoms. The van der Waals surface area contributed by atoms with Crippen LogP contribution >= 0.6 is 0 Å². The second-order valence-electron chi connectivity index (χ2n) is 8.42. The van der Waals surface area contributed by atoms with Crippen LogP contribution in [-0.4, -0.2) is 27.9 Å². The molecular weight excluding hydrogens is 533 g/mol. The Hall–Kier alpha value is -3.71. The number of hydrogen-bond donors (Lipinski definition) is 0. The monoisotopic (exact) mass is 553 g/mol. The number of carbonyl (C=O) groups is 1. The lowest BCUT2D eigenvalue weighted by molar-refractivity contribution is -0.143. The quantitative estimate of drug-likeness (QED) is 0.311. The smallest absolute Gasteiger partial charge is 0.416 e. The lowest BCUT2D eigenvalue weighted by Gasteiger charge is -2.24. The maximum absolute atomic E-state index is 13.5. The molecule has 0 unspecified atom stereocenters. The van der Waals surface area contributed by atoms with Crippen molar-refractivity contribution in [2.75, 3.05) is 7.11 Å². The van der Waals surface area contributed by atoms with E-state index in [9.17, 15) is 44.3 Å². The van der Waals surface area contributed by atoms with Gasteiger partial charge in [-0.05, 0) is 67.4 Å². The molecule has 0 fully saturated rings. The molecule has 1 amide bonds. The maximum atomic E-state index is 13.5. The summed E-state index contributed by atoms with van der Waals surface area (Å²) in [6.07, 6.45) is -16.2. The van der Waals surface area contributed by atoms with E-state index in [2.05, 4.69) is 9.84 Å². The summed E-state index contributed by atoms with van der Waals surface area (Å²) in [5, 5.41) is 4.22. The zero-order chi connectivity index (χ0) is 28.6. The first-order chi connectivity index (χ1) is 17.4. The number of aromatic nitrogens is 2. The fraction of sp³-hybridized carbons (Fsp3) is 0.333. The van der Waals surface area contributed by atoms with Gasteiger partial charge in [0.05, 0.1) is 41.7 Å². The summed E-state index contributed by atoms with van der Waals surface area (Å²) in [7, 11) is 0.913. The molecule has 0 aliphatic carbocycles. The highest BCUT2D eigenvalue weighted by atomic mass is 19.4. The van der Waals surface area contributed by atoms with E-state index in [4.69, 9.17) is 0 Å². The number of hydrogen-bond acceptors (Lipinski definition) is 3. The first-order valence-electron chi connectivity index (χ1n) is 10.7. The first-order valence-corrected chi connectivity index (χ1v) is 10.7. The minimum Gasteiger partial charge on any atom is -0.453 e. The van der Waals surface area contributed by atoms with E-state index in [-0.39, 0.29) is 17.3 Å². The number of benzene rings is 2. The van der Waals surface area contributed by atoms with Crippen LogP contribution in [-0.2, 0) is 36.4 Å². The van der Waals surface area contributed by atoms with Gasteiger partial charge in [0.2, 0.25) is 0 Å². The third-order valence-electron chi connectivity index (χ3n) is 5.46. The predicted octanol–water partition coefficient (Wildman–Crippen LogP) is 7.31. The van der Waals surface area contributed by atoms with Crippen molar-refractivity contribution >= 4 is 6.09 Å². The summed E-state index contributed by atoms with van der Waals surface area (Å²) >= 11 is 0. The van der Waals surface area contributed by atoms with Crippen molar-refractivity contribution in [2.45, 2.75) is 45.5 Å². The summed E-state index contributed by atoms with van der Waals surface area (Å²) in [5.41, 5.74) is -3.79. The Morgan fingerprint density at radius 1 is 0.816 bits per heavy atom. The fourth-order valence-electron chi connectivity index (χ4n) is 3.82. The second-order valence-corrected chi connectivity index (χ2v) is 8.42. The van der Waals surface area contributed by atoms with Crippen LogP contribution in [0.5, 0.6) is 0 Å². The summed E-state index contributed by atoms with van der Waals surface area (Å²) in [6.45, 7) is 1.79. The second kappa shape index (κ2) is 10.2. The van der Waals surface area contributed by atoms with Crippen molar-refractivity contribution in [3.63, 3.8) is 0 Å². The Bertz CT molecular complexity index is 1290. The van der Waals surface area contributed by atoms with Gasteiger partial charge < -0.3 is 4.74 Å². The van der Waals surface area contributed by atoms with E-state index < -0.39 is 60.0 Å². The molecule has 5 nitrogen and oxygen atoms in total. The van der Waals surface area contributed by atoms with Gasteiger partial charge in [0, 0.05) is 12.2 Å². The van der Waals surface area contributed by atoms with E-state index in [0.717, 1.165) is 25.3 Å². The predicted molar refractivity (Wildman–Crippen MR) is 116 cm³/mol. The summed E-state index contributed by atoms with van der Waals surface area (Å²) in [4.78, 5) is 13.2. The molecule has 1 aromatic heterocycles. The van der Waals surface area contributed by atoms with Gasteiger partial charge in [-0.3, -0.25) is 4.90 Å². The third kappa shape index (κ3) is 6.58. The van der Waals surface area contributed by atoms with Crippen molar-refractivity contribution in [3.05, 3.63) is 81.7 Å². The van der Waals surface area contributed by atoms with E-state index >= 15 is 0 Å². The summed E-state index contributed by atoms with van der Waals surface area (Å²) in [6, 6.07) is 5.06. The Labute approximate surface area is 210 Å². The van der Waals surface area contributed by atoms with Crippen LogP contribution in [0, 0.1) is 13.8 Å². The molecule has 0 N–H and O–H groups in total. The molecule has 38 heavy (non-hydrogen) atoms. The van der Waals surface area contributed by atoms with Crippen LogP contribution in [0.3, 0.4) is 0 Å². The minimum atomic E-state index is -5.13. The largest absolute Gasteiger partial charge is 0.453 e. The van der Waals surface area contributed by atoms with E-state index in [1.807, 2.05) is 0 Å². The number of halogens is 9. The summed E-state index contributed by atoms with van der Waals surface area (Å²) < 4.78 is 126. The SMILES string of the molecule is COC(=O)N(Cc1cc(C(F)(F)F)cc(C(F)(F)F)c1)Cc1cc(C(F)(F)F)ccc1-n1nc(C)cc1C. The number of aryl methyl sites for hydroxylation is 2. The average molecular weight is 553 g/mol. The minimum absolute atomic E-state index is 0.0697. The Balaban J connectivity index is 2.12. The van der Waals surface area contributed by atoms with E-state index in [1.165, 1.54) is 4.68 Å². The molecule has 2 aromatic carbocycles. The van der Waals surface area contributed by atoms with Gasteiger partial charge in [0.25, 0.3) is 0 Å². The van der Waals surface area contributed by atoms with Crippen LogP contribution < -0.4 is 0 Å². The number of amides is 1. The van der Waals surface area contributed by atoms with Crippen molar-refractivity contribution in [1.29, 1.82) is 0 Å². The third-order valence-corrected chi connectivity index (χ3v) is 5.46. The number of methoxy groups -OCH3 is 1. The molecule has 0 saturated carbocycles. The molecule has 1 heterocycles. The van der Waals surface area contributed by atoms with Crippen LogP contribution in [0.4, 0.5) is 44.3 Å². The van der Waals surface area contributed by atoms with Gasteiger partial charge >= 0.3 is 24.6 Å². The van der Waals surface area contributed by atoms with Crippen molar-refractivity contribution < 1.29 is 49.0 Å². The highest BCUT2D eigenvalue weighted by Gasteiger charge is 2.37. The lowest BCUT2D eigenvalue weighted by Crippen LogP contribution is -2.31. The molecule has 0 radical (unpaired) electrons. The Morgan fingerprint density at radius 3 is 1.82 bits per heavy atom. The van der Waals surface area contributed by atoms with Crippen LogP contribution in [0.25, 0.3) is 5.69 Å².